The van der Waals surface area contributed by atoms with Crippen molar-refractivity contribution in [1.29, 1.82) is 0 Å². The third kappa shape index (κ3) is 6.56. The lowest BCUT2D eigenvalue weighted by molar-refractivity contribution is -0.152. The molecule has 29 heavy (non-hydrogen) atoms. The second-order valence-electron chi connectivity index (χ2n) is 7.29. The summed E-state index contributed by atoms with van der Waals surface area (Å²) in [5.74, 6) is -1.55. The van der Waals surface area contributed by atoms with Crippen LogP contribution in [0.15, 0.2) is 18.2 Å². The molecule has 1 saturated heterocycles. The molecule has 1 atom stereocenters. The minimum absolute atomic E-state index is 0.0568. The van der Waals surface area contributed by atoms with Crippen molar-refractivity contribution in [3.8, 4) is 0 Å². The molecule has 2 rings (SSSR count). The second kappa shape index (κ2) is 9.87. The Hall–Kier alpha value is -2.42. The van der Waals surface area contributed by atoms with Crippen molar-refractivity contribution in [1.82, 2.24) is 10.2 Å². The zero-order valence-electron chi connectivity index (χ0n) is 17.1. The molecule has 0 spiro atoms. The van der Waals surface area contributed by atoms with Crippen molar-refractivity contribution in [2.45, 2.75) is 39.7 Å². The molecular weight excluding hydrogens is 396 g/mol. The number of hydrogen-bond donors (Lipinski definition) is 1. The van der Waals surface area contributed by atoms with Gasteiger partial charge in [-0.25, -0.2) is 8.42 Å². The van der Waals surface area contributed by atoms with Crippen LogP contribution in [0.1, 0.15) is 41.3 Å². The fourth-order valence-corrected chi connectivity index (χ4v) is 4.92. The van der Waals surface area contributed by atoms with E-state index in [1.54, 1.807) is 12.1 Å². The van der Waals surface area contributed by atoms with Gasteiger partial charge >= 0.3 is 5.97 Å². The standard InChI is InChI=1S/C20H28N2O6S/c1-4-8-22(17-7-9-29(26,27)13-17)18(23)12-28-19(24)11-21-20(25)16-6-5-14(2)15(3)10-16/h5-6,10,17H,4,7-9,11-13H2,1-3H3,(H,21,25)/t17-/m1/s1. The summed E-state index contributed by atoms with van der Waals surface area (Å²) >= 11 is 0. The Morgan fingerprint density at radius 2 is 1.93 bits per heavy atom. The number of rotatable bonds is 8. The highest BCUT2D eigenvalue weighted by Crippen LogP contribution is 2.18. The van der Waals surface area contributed by atoms with E-state index in [9.17, 15) is 22.8 Å². The Labute approximate surface area is 171 Å². The third-order valence-electron chi connectivity index (χ3n) is 4.95. The minimum Gasteiger partial charge on any atom is -0.454 e. The summed E-state index contributed by atoms with van der Waals surface area (Å²) in [6, 6.07) is 4.85. The van der Waals surface area contributed by atoms with Crippen LogP contribution in [0.4, 0.5) is 0 Å². The molecule has 1 N–H and O–H groups in total. The molecule has 0 radical (unpaired) electrons. The Kier molecular flexibility index (Phi) is 7.78. The second-order valence-corrected chi connectivity index (χ2v) is 9.52. The van der Waals surface area contributed by atoms with Gasteiger partial charge in [0, 0.05) is 18.2 Å². The molecule has 9 heteroatoms. The van der Waals surface area contributed by atoms with E-state index in [0.717, 1.165) is 11.1 Å². The molecule has 1 aromatic carbocycles. The van der Waals surface area contributed by atoms with Crippen LogP contribution in [-0.4, -0.2) is 68.3 Å². The van der Waals surface area contributed by atoms with Crippen LogP contribution in [0.2, 0.25) is 0 Å². The summed E-state index contributed by atoms with van der Waals surface area (Å²) in [5, 5.41) is 2.47. The fourth-order valence-electron chi connectivity index (χ4n) is 3.19. The largest absolute Gasteiger partial charge is 0.454 e. The number of carbonyl (C=O) groups excluding carboxylic acids is 3. The number of nitrogens with zero attached hydrogens (tertiary/aromatic N) is 1. The Morgan fingerprint density at radius 3 is 2.52 bits per heavy atom. The molecule has 2 amide bonds. The van der Waals surface area contributed by atoms with E-state index in [0.29, 0.717) is 24.9 Å². The number of amides is 2. The van der Waals surface area contributed by atoms with Gasteiger partial charge < -0.3 is 15.0 Å². The first kappa shape index (κ1) is 22.9. The molecule has 160 valence electrons. The summed E-state index contributed by atoms with van der Waals surface area (Å²) in [5.41, 5.74) is 2.47. The van der Waals surface area contributed by atoms with Crippen molar-refractivity contribution in [2.75, 3.05) is 31.2 Å². The molecule has 1 aliphatic heterocycles. The molecule has 0 unspecified atom stereocenters. The number of hydrogen-bond acceptors (Lipinski definition) is 6. The molecular formula is C20H28N2O6S. The summed E-state index contributed by atoms with van der Waals surface area (Å²) in [6.07, 6.45) is 1.07. The van der Waals surface area contributed by atoms with Crippen LogP contribution in [0.5, 0.6) is 0 Å². The van der Waals surface area contributed by atoms with Crippen LogP contribution in [0.3, 0.4) is 0 Å². The van der Waals surface area contributed by atoms with Gasteiger partial charge in [-0.05, 0) is 49.9 Å². The highest BCUT2D eigenvalue weighted by molar-refractivity contribution is 7.91. The Morgan fingerprint density at radius 1 is 1.21 bits per heavy atom. The lowest BCUT2D eigenvalue weighted by Gasteiger charge is -2.27. The maximum absolute atomic E-state index is 12.4. The predicted octanol–water partition coefficient (Wildman–Crippen LogP) is 1.00. The fraction of sp³-hybridized carbons (Fsp3) is 0.550. The normalized spacial score (nSPS) is 17.6. The SMILES string of the molecule is CCCN(C(=O)COC(=O)CNC(=O)c1ccc(C)c(C)c1)[C@@H]1CCS(=O)(=O)C1. The van der Waals surface area contributed by atoms with E-state index in [4.69, 9.17) is 4.74 Å². The number of nitrogens with one attached hydrogen (secondary N) is 1. The minimum atomic E-state index is -3.12. The van der Waals surface area contributed by atoms with Crippen molar-refractivity contribution >= 4 is 27.6 Å². The van der Waals surface area contributed by atoms with Gasteiger partial charge in [0.05, 0.1) is 11.5 Å². The monoisotopic (exact) mass is 424 g/mol. The van der Waals surface area contributed by atoms with Crippen molar-refractivity contribution in [2.24, 2.45) is 0 Å². The first-order valence-corrected chi connectivity index (χ1v) is 11.5. The zero-order valence-corrected chi connectivity index (χ0v) is 17.9. The summed E-state index contributed by atoms with van der Waals surface area (Å²) < 4.78 is 28.3. The van der Waals surface area contributed by atoms with Gasteiger partial charge in [0.1, 0.15) is 6.54 Å². The average molecular weight is 425 g/mol. The average Bonchev–Trinajstić information content (AvgIpc) is 3.03. The number of sulfone groups is 1. The van der Waals surface area contributed by atoms with E-state index < -0.39 is 34.2 Å². The summed E-state index contributed by atoms with van der Waals surface area (Å²) in [7, 11) is -3.12. The van der Waals surface area contributed by atoms with E-state index in [-0.39, 0.29) is 24.1 Å². The number of carbonyl (C=O) groups is 3. The van der Waals surface area contributed by atoms with Crippen LogP contribution in [0.25, 0.3) is 0 Å². The third-order valence-corrected chi connectivity index (χ3v) is 6.70. The molecule has 0 aliphatic carbocycles. The Bertz CT molecular complexity index is 881. The molecule has 0 bridgehead atoms. The zero-order chi connectivity index (χ0) is 21.6. The number of aryl methyl sites for hydroxylation is 2. The van der Waals surface area contributed by atoms with Crippen LogP contribution >= 0.6 is 0 Å². The highest BCUT2D eigenvalue weighted by Gasteiger charge is 2.34. The van der Waals surface area contributed by atoms with E-state index in [2.05, 4.69) is 5.32 Å². The van der Waals surface area contributed by atoms with E-state index in [1.807, 2.05) is 26.8 Å². The number of ether oxygens (including phenoxy) is 1. The smallest absolute Gasteiger partial charge is 0.325 e. The van der Waals surface area contributed by atoms with Crippen molar-refractivity contribution < 1.29 is 27.5 Å². The van der Waals surface area contributed by atoms with Gasteiger partial charge in [-0.1, -0.05) is 13.0 Å². The summed E-state index contributed by atoms with van der Waals surface area (Å²) in [4.78, 5) is 37.9. The maximum Gasteiger partial charge on any atom is 0.325 e. The van der Waals surface area contributed by atoms with Gasteiger partial charge in [-0.3, -0.25) is 14.4 Å². The maximum atomic E-state index is 12.4. The topological polar surface area (TPSA) is 110 Å². The van der Waals surface area contributed by atoms with Crippen LogP contribution in [0, 0.1) is 13.8 Å². The van der Waals surface area contributed by atoms with Gasteiger partial charge in [0.2, 0.25) is 0 Å². The van der Waals surface area contributed by atoms with E-state index in [1.165, 1.54) is 4.90 Å². The Balaban J connectivity index is 1.83. The lowest BCUT2D eigenvalue weighted by Crippen LogP contribution is -2.44. The van der Waals surface area contributed by atoms with Gasteiger partial charge in [-0.15, -0.1) is 0 Å². The molecule has 8 nitrogen and oxygen atoms in total. The van der Waals surface area contributed by atoms with Gasteiger partial charge in [0.15, 0.2) is 16.4 Å². The first-order chi connectivity index (χ1) is 13.6. The van der Waals surface area contributed by atoms with Gasteiger partial charge in [0.25, 0.3) is 11.8 Å². The molecule has 1 aromatic rings. The van der Waals surface area contributed by atoms with Crippen molar-refractivity contribution in [3.63, 3.8) is 0 Å². The number of esters is 1. The number of benzene rings is 1. The lowest BCUT2D eigenvalue weighted by atomic mass is 10.1. The summed E-state index contributed by atoms with van der Waals surface area (Å²) in [6.45, 7) is 5.29. The molecule has 1 fully saturated rings. The van der Waals surface area contributed by atoms with Crippen LogP contribution < -0.4 is 5.32 Å². The van der Waals surface area contributed by atoms with Gasteiger partial charge in [-0.2, -0.15) is 0 Å². The molecule has 0 aromatic heterocycles. The molecule has 1 aliphatic rings. The van der Waals surface area contributed by atoms with Crippen molar-refractivity contribution in [3.05, 3.63) is 34.9 Å². The van der Waals surface area contributed by atoms with E-state index >= 15 is 0 Å². The molecule has 0 saturated carbocycles. The highest BCUT2D eigenvalue weighted by atomic mass is 32.2. The quantitative estimate of drug-likeness (QED) is 0.624. The first-order valence-electron chi connectivity index (χ1n) is 9.64. The van der Waals surface area contributed by atoms with Crippen LogP contribution in [-0.2, 0) is 24.2 Å². The predicted molar refractivity (Wildman–Crippen MR) is 108 cm³/mol. The molecule has 1 heterocycles.